The van der Waals surface area contributed by atoms with Crippen LogP contribution in [0.3, 0.4) is 0 Å². The van der Waals surface area contributed by atoms with Crippen LogP contribution < -0.4 is 11.2 Å². The Kier molecular flexibility index (Phi) is 2.76. The molecule has 1 aliphatic rings. The molecule has 3 N–H and O–H groups in total. The van der Waals surface area contributed by atoms with E-state index in [2.05, 4.69) is 15.3 Å². The van der Waals surface area contributed by atoms with Crippen LogP contribution in [-0.2, 0) is 9.53 Å². The molecule has 0 saturated heterocycles. The number of esters is 1. The van der Waals surface area contributed by atoms with E-state index in [1.807, 2.05) is 24.3 Å². The molecule has 1 aliphatic heterocycles. The zero-order valence-electron chi connectivity index (χ0n) is 8.93. The molecule has 1 aromatic rings. The number of rotatable bonds is 2. The molecule has 1 unspecified atom stereocenters. The van der Waals surface area contributed by atoms with Crippen molar-refractivity contribution in [2.45, 2.75) is 12.5 Å². The van der Waals surface area contributed by atoms with Crippen molar-refractivity contribution in [3.63, 3.8) is 0 Å². The maximum Gasteiger partial charge on any atom is 0.354 e. The summed E-state index contributed by atoms with van der Waals surface area (Å²) >= 11 is 0. The number of anilines is 1. The molecular formula is C11H13N3O2. The first-order valence-corrected chi connectivity index (χ1v) is 4.97. The first-order chi connectivity index (χ1) is 7.72. The van der Waals surface area contributed by atoms with E-state index in [1.165, 1.54) is 7.11 Å². The normalized spacial score (nSPS) is 18.8. The molecule has 0 fully saturated rings. The number of ether oxygens (including phenoxy) is 1. The van der Waals surface area contributed by atoms with Gasteiger partial charge in [0.2, 0.25) is 0 Å². The molecule has 1 heterocycles. The summed E-state index contributed by atoms with van der Waals surface area (Å²) in [5, 5.41) is 3.94. The zero-order valence-corrected chi connectivity index (χ0v) is 8.93. The smallest absolute Gasteiger partial charge is 0.354 e. The van der Waals surface area contributed by atoms with Gasteiger partial charge in [0.25, 0.3) is 0 Å². The summed E-state index contributed by atoms with van der Waals surface area (Å²) in [6.45, 7) is 0. The van der Waals surface area contributed by atoms with E-state index in [9.17, 15) is 4.79 Å². The van der Waals surface area contributed by atoms with Gasteiger partial charge in [0.1, 0.15) is 5.71 Å². The Hall–Kier alpha value is -2.04. The molecule has 16 heavy (non-hydrogen) atoms. The Bertz CT molecular complexity index is 443. The molecule has 0 spiro atoms. The molecule has 0 amide bonds. The summed E-state index contributed by atoms with van der Waals surface area (Å²) in [6.07, 6.45) is 0.501. The van der Waals surface area contributed by atoms with Gasteiger partial charge < -0.3 is 15.9 Å². The van der Waals surface area contributed by atoms with Crippen LogP contribution in [0.15, 0.2) is 29.4 Å². The second-order valence-electron chi connectivity index (χ2n) is 3.56. The Labute approximate surface area is 93.3 Å². The molecule has 0 aliphatic carbocycles. The average molecular weight is 219 g/mol. The quantitative estimate of drug-likeness (QED) is 0.570. The van der Waals surface area contributed by atoms with E-state index < -0.39 is 5.97 Å². The predicted molar refractivity (Wildman–Crippen MR) is 60.8 cm³/mol. The topological polar surface area (TPSA) is 76.7 Å². The third-order valence-electron chi connectivity index (χ3n) is 2.55. The van der Waals surface area contributed by atoms with Crippen molar-refractivity contribution >= 4 is 17.4 Å². The number of benzene rings is 1. The Balaban J connectivity index is 2.12. The van der Waals surface area contributed by atoms with E-state index >= 15 is 0 Å². The fourth-order valence-corrected chi connectivity index (χ4v) is 1.69. The lowest BCUT2D eigenvalue weighted by Crippen LogP contribution is -2.15. The number of nitrogens with one attached hydrogen (secondary N) is 1. The third kappa shape index (κ3) is 1.84. The van der Waals surface area contributed by atoms with E-state index in [0.29, 0.717) is 17.8 Å². The maximum absolute atomic E-state index is 11.3. The van der Waals surface area contributed by atoms with Crippen LogP contribution in [0, 0.1) is 0 Å². The highest BCUT2D eigenvalue weighted by atomic mass is 16.5. The summed E-state index contributed by atoms with van der Waals surface area (Å²) in [5.74, 6) is -0.399. The highest BCUT2D eigenvalue weighted by Crippen LogP contribution is 2.26. The number of hydrogen-bond donors (Lipinski definition) is 2. The fourth-order valence-electron chi connectivity index (χ4n) is 1.69. The summed E-state index contributed by atoms with van der Waals surface area (Å²) < 4.78 is 4.61. The van der Waals surface area contributed by atoms with Crippen LogP contribution in [0.1, 0.15) is 18.0 Å². The third-order valence-corrected chi connectivity index (χ3v) is 2.55. The molecule has 5 heteroatoms. The van der Waals surface area contributed by atoms with Crippen LogP contribution in [0.4, 0.5) is 5.69 Å². The Morgan fingerprint density at radius 1 is 1.56 bits per heavy atom. The lowest BCUT2D eigenvalue weighted by atomic mass is 10.0. The lowest BCUT2D eigenvalue weighted by Gasteiger charge is -2.12. The van der Waals surface area contributed by atoms with Gasteiger partial charge in [-0.1, -0.05) is 18.2 Å². The van der Waals surface area contributed by atoms with Crippen LogP contribution in [0.5, 0.6) is 0 Å². The second-order valence-corrected chi connectivity index (χ2v) is 3.56. The van der Waals surface area contributed by atoms with Crippen molar-refractivity contribution in [2.24, 2.45) is 5.10 Å². The van der Waals surface area contributed by atoms with Gasteiger partial charge >= 0.3 is 5.97 Å². The number of nitrogens with two attached hydrogens (primary N) is 1. The molecule has 0 aromatic heterocycles. The van der Waals surface area contributed by atoms with E-state index in [-0.39, 0.29) is 6.04 Å². The molecule has 1 aromatic carbocycles. The first kappa shape index (κ1) is 10.5. The largest absolute Gasteiger partial charge is 0.464 e. The monoisotopic (exact) mass is 219 g/mol. The molecule has 0 radical (unpaired) electrons. The number of nitrogens with zero attached hydrogens (tertiary/aromatic N) is 1. The van der Waals surface area contributed by atoms with E-state index in [1.54, 1.807) is 0 Å². The van der Waals surface area contributed by atoms with Crippen LogP contribution in [0.25, 0.3) is 0 Å². The van der Waals surface area contributed by atoms with Crippen molar-refractivity contribution in [1.29, 1.82) is 0 Å². The summed E-state index contributed by atoms with van der Waals surface area (Å²) in [6, 6.07) is 7.48. The Morgan fingerprint density at radius 3 is 3.00 bits per heavy atom. The molecule has 2 rings (SSSR count). The fraction of sp³-hybridized carbons (Fsp3) is 0.273. The minimum Gasteiger partial charge on any atom is -0.464 e. The van der Waals surface area contributed by atoms with Crippen molar-refractivity contribution in [3.8, 4) is 0 Å². The number of hydrogen-bond acceptors (Lipinski definition) is 5. The van der Waals surface area contributed by atoms with Crippen molar-refractivity contribution in [3.05, 3.63) is 29.8 Å². The van der Waals surface area contributed by atoms with Crippen LogP contribution in [0.2, 0.25) is 0 Å². The first-order valence-electron chi connectivity index (χ1n) is 4.97. The average Bonchev–Trinajstić information content (AvgIpc) is 2.78. The molecule has 1 atom stereocenters. The van der Waals surface area contributed by atoms with Gasteiger partial charge in [0.05, 0.1) is 13.2 Å². The highest BCUT2D eigenvalue weighted by molar-refractivity contribution is 6.36. The zero-order chi connectivity index (χ0) is 11.5. The van der Waals surface area contributed by atoms with Gasteiger partial charge in [-0.2, -0.15) is 5.10 Å². The van der Waals surface area contributed by atoms with Crippen LogP contribution in [-0.4, -0.2) is 18.8 Å². The molecule has 84 valence electrons. The predicted octanol–water partition coefficient (Wildman–Crippen LogP) is 0.832. The minimum atomic E-state index is -0.399. The Morgan fingerprint density at radius 2 is 2.31 bits per heavy atom. The number of nitrogen functional groups attached to an aromatic ring is 1. The van der Waals surface area contributed by atoms with Crippen molar-refractivity contribution < 1.29 is 9.53 Å². The van der Waals surface area contributed by atoms with E-state index in [0.717, 1.165) is 5.56 Å². The lowest BCUT2D eigenvalue weighted by molar-refractivity contribution is -0.132. The number of carbonyl (C=O) groups is 1. The minimum absolute atomic E-state index is 0.0460. The molecule has 5 nitrogen and oxygen atoms in total. The number of carbonyl (C=O) groups excluding carboxylic acids is 1. The van der Waals surface area contributed by atoms with Gasteiger partial charge in [-0.05, 0) is 11.6 Å². The van der Waals surface area contributed by atoms with Crippen molar-refractivity contribution in [1.82, 2.24) is 5.43 Å². The number of para-hydroxylation sites is 1. The summed E-state index contributed by atoms with van der Waals surface area (Å²) in [7, 11) is 1.34. The van der Waals surface area contributed by atoms with Crippen molar-refractivity contribution in [2.75, 3.05) is 12.8 Å². The number of methoxy groups -OCH3 is 1. The standard InChI is InChI=1S/C11H13N3O2/c1-16-11(15)10-6-9(13-14-10)7-4-2-3-5-8(7)12/h2-5,9,13H,6,12H2,1H3. The summed E-state index contributed by atoms with van der Waals surface area (Å²) in [5.41, 5.74) is 10.8. The highest BCUT2D eigenvalue weighted by Gasteiger charge is 2.26. The van der Waals surface area contributed by atoms with Gasteiger partial charge in [0, 0.05) is 12.1 Å². The van der Waals surface area contributed by atoms with Gasteiger partial charge in [-0.3, -0.25) is 0 Å². The summed E-state index contributed by atoms with van der Waals surface area (Å²) in [4.78, 5) is 11.3. The molecular weight excluding hydrogens is 206 g/mol. The molecule has 0 bridgehead atoms. The number of hydrazone groups is 1. The van der Waals surface area contributed by atoms with Gasteiger partial charge in [-0.15, -0.1) is 0 Å². The van der Waals surface area contributed by atoms with Crippen LogP contribution >= 0.6 is 0 Å². The maximum atomic E-state index is 11.3. The SMILES string of the molecule is COC(=O)C1=NNC(c2ccccc2N)C1. The van der Waals surface area contributed by atoms with Gasteiger partial charge in [-0.25, -0.2) is 4.79 Å². The second kappa shape index (κ2) is 4.22. The molecule has 0 saturated carbocycles. The van der Waals surface area contributed by atoms with Gasteiger partial charge in [0.15, 0.2) is 0 Å². The van der Waals surface area contributed by atoms with E-state index in [4.69, 9.17) is 5.73 Å².